The Morgan fingerprint density at radius 2 is 1.65 bits per heavy atom. The number of rotatable bonds is 1. The first kappa shape index (κ1) is 12.8. The standard InChI is InChI=1S/C12H21NO4/c1-8-7-9(2)17-12(16-8)5-3-11(13,4-6-12)10(14)15/h8-9H,3-7,13H2,1-2H3,(H,14,15)/t8-,9-/m1/s1. The second-order valence-electron chi connectivity index (χ2n) is 5.46. The van der Waals surface area contributed by atoms with E-state index in [9.17, 15) is 4.79 Å². The summed E-state index contributed by atoms with van der Waals surface area (Å²) in [5.74, 6) is -1.53. The van der Waals surface area contributed by atoms with E-state index in [0.29, 0.717) is 25.7 Å². The molecular weight excluding hydrogens is 222 g/mol. The topological polar surface area (TPSA) is 81.8 Å². The van der Waals surface area contributed by atoms with E-state index < -0.39 is 17.3 Å². The normalized spacial score (nSPS) is 47.0. The van der Waals surface area contributed by atoms with E-state index >= 15 is 0 Å². The minimum Gasteiger partial charge on any atom is -0.480 e. The van der Waals surface area contributed by atoms with Crippen molar-refractivity contribution in [3.8, 4) is 0 Å². The molecule has 5 nitrogen and oxygen atoms in total. The molecule has 0 aromatic heterocycles. The average Bonchev–Trinajstić information content (AvgIpc) is 2.21. The molecule has 3 N–H and O–H groups in total. The molecule has 98 valence electrons. The predicted molar refractivity (Wildman–Crippen MR) is 61.5 cm³/mol. The molecule has 1 spiro atoms. The van der Waals surface area contributed by atoms with Crippen molar-refractivity contribution in [3.05, 3.63) is 0 Å². The third-order valence-electron chi connectivity index (χ3n) is 3.83. The summed E-state index contributed by atoms with van der Waals surface area (Å²) < 4.78 is 11.8. The van der Waals surface area contributed by atoms with Gasteiger partial charge < -0.3 is 20.3 Å². The van der Waals surface area contributed by atoms with E-state index in [-0.39, 0.29) is 12.2 Å². The van der Waals surface area contributed by atoms with Crippen molar-refractivity contribution in [1.82, 2.24) is 0 Å². The van der Waals surface area contributed by atoms with Gasteiger partial charge in [0, 0.05) is 12.8 Å². The SMILES string of the molecule is C[C@@H]1C[C@@H](C)OC2(CCC(N)(C(=O)O)CC2)O1. The van der Waals surface area contributed by atoms with E-state index in [1.54, 1.807) is 0 Å². The van der Waals surface area contributed by atoms with Crippen molar-refractivity contribution in [1.29, 1.82) is 0 Å². The highest BCUT2D eigenvalue weighted by Crippen LogP contribution is 2.41. The second-order valence-corrected chi connectivity index (χ2v) is 5.46. The van der Waals surface area contributed by atoms with Crippen LogP contribution in [-0.4, -0.2) is 34.6 Å². The van der Waals surface area contributed by atoms with Crippen LogP contribution >= 0.6 is 0 Å². The number of carboxylic acid groups (broad SMARTS) is 1. The van der Waals surface area contributed by atoms with Crippen molar-refractivity contribution in [2.75, 3.05) is 0 Å². The van der Waals surface area contributed by atoms with Gasteiger partial charge in [0.2, 0.25) is 0 Å². The van der Waals surface area contributed by atoms with Gasteiger partial charge in [0.15, 0.2) is 5.79 Å². The fraction of sp³-hybridized carbons (Fsp3) is 0.917. The van der Waals surface area contributed by atoms with Crippen LogP contribution in [0.1, 0.15) is 46.0 Å². The summed E-state index contributed by atoms with van der Waals surface area (Å²) in [5, 5.41) is 9.08. The Morgan fingerprint density at radius 1 is 1.18 bits per heavy atom. The summed E-state index contributed by atoms with van der Waals surface area (Å²) in [7, 11) is 0. The Morgan fingerprint density at radius 3 is 2.06 bits per heavy atom. The van der Waals surface area contributed by atoms with Crippen LogP contribution in [0.5, 0.6) is 0 Å². The Bertz CT molecular complexity index is 298. The maximum atomic E-state index is 11.1. The van der Waals surface area contributed by atoms with E-state index in [0.717, 1.165) is 6.42 Å². The molecule has 5 heteroatoms. The van der Waals surface area contributed by atoms with Crippen LogP contribution in [0, 0.1) is 0 Å². The highest BCUT2D eigenvalue weighted by Gasteiger charge is 2.49. The molecule has 1 saturated carbocycles. The molecule has 1 aliphatic heterocycles. The second kappa shape index (κ2) is 4.23. The number of aliphatic carboxylic acids is 1. The van der Waals surface area contributed by atoms with Gasteiger partial charge in [-0.3, -0.25) is 4.79 Å². The molecular formula is C12H21NO4. The molecule has 1 aliphatic carbocycles. The van der Waals surface area contributed by atoms with E-state index in [1.165, 1.54) is 0 Å². The number of carbonyl (C=O) groups is 1. The molecule has 0 aromatic carbocycles. The summed E-state index contributed by atoms with van der Waals surface area (Å²) >= 11 is 0. The maximum absolute atomic E-state index is 11.1. The first-order valence-corrected chi connectivity index (χ1v) is 6.23. The molecule has 2 fully saturated rings. The molecule has 2 rings (SSSR count). The lowest BCUT2D eigenvalue weighted by Crippen LogP contribution is -2.57. The van der Waals surface area contributed by atoms with E-state index in [2.05, 4.69) is 0 Å². The Kier molecular flexibility index (Phi) is 3.18. The third-order valence-corrected chi connectivity index (χ3v) is 3.83. The van der Waals surface area contributed by atoms with Gasteiger partial charge >= 0.3 is 5.97 Å². The summed E-state index contributed by atoms with van der Waals surface area (Å²) in [6, 6.07) is 0. The molecule has 0 radical (unpaired) electrons. The zero-order valence-electron chi connectivity index (χ0n) is 10.4. The molecule has 0 unspecified atom stereocenters. The van der Waals surface area contributed by atoms with Crippen LogP contribution in [0.15, 0.2) is 0 Å². The molecule has 0 bridgehead atoms. The zero-order chi connectivity index (χ0) is 12.7. The van der Waals surface area contributed by atoms with Crippen LogP contribution in [0.4, 0.5) is 0 Å². The molecule has 0 amide bonds. The molecule has 1 heterocycles. The van der Waals surface area contributed by atoms with Crippen LogP contribution in [0.2, 0.25) is 0 Å². The first-order valence-electron chi connectivity index (χ1n) is 6.23. The smallest absolute Gasteiger partial charge is 0.323 e. The van der Waals surface area contributed by atoms with Crippen LogP contribution < -0.4 is 5.73 Å². The van der Waals surface area contributed by atoms with E-state index in [4.69, 9.17) is 20.3 Å². The Balaban J connectivity index is 2.04. The summed E-state index contributed by atoms with van der Waals surface area (Å²) in [4.78, 5) is 11.1. The lowest BCUT2D eigenvalue weighted by molar-refractivity contribution is -0.325. The minimum absolute atomic E-state index is 0.161. The monoisotopic (exact) mass is 243 g/mol. The quantitative estimate of drug-likeness (QED) is 0.724. The van der Waals surface area contributed by atoms with Gasteiger partial charge in [0.25, 0.3) is 0 Å². The van der Waals surface area contributed by atoms with Gasteiger partial charge in [-0.15, -0.1) is 0 Å². The zero-order valence-corrected chi connectivity index (χ0v) is 10.4. The lowest BCUT2D eigenvalue weighted by atomic mass is 9.79. The van der Waals surface area contributed by atoms with Gasteiger partial charge in [0.1, 0.15) is 5.54 Å². The summed E-state index contributed by atoms with van der Waals surface area (Å²) in [6.07, 6.45) is 3.13. The minimum atomic E-state index is -1.11. The van der Waals surface area contributed by atoms with Crippen molar-refractivity contribution in [2.45, 2.75) is 69.5 Å². The van der Waals surface area contributed by atoms with Gasteiger partial charge in [-0.1, -0.05) is 0 Å². The number of nitrogens with two attached hydrogens (primary N) is 1. The number of ether oxygens (including phenoxy) is 2. The predicted octanol–water partition coefficient (Wildman–Crippen LogP) is 1.25. The third kappa shape index (κ3) is 2.46. The van der Waals surface area contributed by atoms with E-state index in [1.807, 2.05) is 13.8 Å². The Labute approximate surface area is 101 Å². The molecule has 2 aliphatic rings. The Hall–Kier alpha value is -0.650. The fourth-order valence-corrected chi connectivity index (χ4v) is 2.85. The van der Waals surface area contributed by atoms with Gasteiger partial charge in [-0.05, 0) is 33.1 Å². The maximum Gasteiger partial charge on any atom is 0.323 e. The summed E-state index contributed by atoms with van der Waals surface area (Å²) in [5.41, 5.74) is 4.74. The fourth-order valence-electron chi connectivity index (χ4n) is 2.85. The molecule has 17 heavy (non-hydrogen) atoms. The van der Waals surface area contributed by atoms with Crippen molar-refractivity contribution in [3.63, 3.8) is 0 Å². The van der Waals surface area contributed by atoms with Crippen molar-refractivity contribution < 1.29 is 19.4 Å². The highest BCUT2D eigenvalue weighted by atomic mass is 16.7. The lowest BCUT2D eigenvalue weighted by Gasteiger charge is -2.48. The molecule has 1 saturated heterocycles. The van der Waals surface area contributed by atoms with Crippen molar-refractivity contribution >= 4 is 5.97 Å². The van der Waals surface area contributed by atoms with Crippen LogP contribution in [0.25, 0.3) is 0 Å². The van der Waals surface area contributed by atoms with Gasteiger partial charge in [-0.2, -0.15) is 0 Å². The van der Waals surface area contributed by atoms with Crippen LogP contribution in [0.3, 0.4) is 0 Å². The summed E-state index contributed by atoms with van der Waals surface area (Å²) in [6.45, 7) is 4.06. The van der Waals surface area contributed by atoms with Gasteiger partial charge in [0.05, 0.1) is 12.2 Å². The highest BCUT2D eigenvalue weighted by molar-refractivity contribution is 5.78. The van der Waals surface area contributed by atoms with Gasteiger partial charge in [-0.25, -0.2) is 0 Å². The number of hydrogen-bond donors (Lipinski definition) is 2. The number of hydrogen-bond acceptors (Lipinski definition) is 4. The van der Waals surface area contributed by atoms with Crippen molar-refractivity contribution in [2.24, 2.45) is 5.73 Å². The largest absolute Gasteiger partial charge is 0.480 e. The van der Waals surface area contributed by atoms with Crippen LogP contribution in [-0.2, 0) is 14.3 Å². The molecule has 0 aromatic rings. The number of carboxylic acids is 1. The molecule has 2 atom stereocenters. The first-order chi connectivity index (χ1) is 7.85. The average molecular weight is 243 g/mol.